The van der Waals surface area contributed by atoms with Crippen LogP contribution < -0.4 is 10.2 Å². The van der Waals surface area contributed by atoms with E-state index in [9.17, 15) is 14.9 Å². The van der Waals surface area contributed by atoms with E-state index < -0.39 is 11.2 Å². The smallest absolute Gasteiger partial charge is 0.269 e. The monoisotopic (exact) mass is 467 g/mol. The lowest BCUT2D eigenvalue weighted by Gasteiger charge is -2.19. The van der Waals surface area contributed by atoms with Crippen LogP contribution in [-0.2, 0) is 16.0 Å². The number of carbonyl (C=O) groups excluding carboxylic acids is 2. The largest absolute Gasteiger partial charge is 0.321 e. The van der Waals surface area contributed by atoms with Gasteiger partial charge in [-0.05, 0) is 62.1 Å². The van der Waals surface area contributed by atoms with Crippen LogP contribution in [0.1, 0.15) is 22.3 Å². The van der Waals surface area contributed by atoms with Crippen LogP contribution in [0.15, 0.2) is 83.4 Å². The number of nitriles is 1. The topological polar surface area (TPSA) is 73.2 Å². The average molecular weight is 468 g/mol. The van der Waals surface area contributed by atoms with E-state index in [0.29, 0.717) is 22.8 Å². The third-order valence-corrected chi connectivity index (χ3v) is 7.14. The summed E-state index contributed by atoms with van der Waals surface area (Å²) in [7, 11) is 0. The summed E-state index contributed by atoms with van der Waals surface area (Å²) in [4.78, 5) is 28.3. The normalized spacial score (nSPS) is 16.8. The maximum atomic E-state index is 13.5. The Kier molecular flexibility index (Phi) is 6.85. The number of hydrogen-bond acceptors (Lipinski definition) is 4. The molecule has 5 nitrogen and oxygen atoms in total. The molecule has 4 rings (SSSR count). The molecule has 170 valence electrons. The van der Waals surface area contributed by atoms with Gasteiger partial charge in [0.2, 0.25) is 5.91 Å². The van der Waals surface area contributed by atoms with Crippen molar-refractivity contribution < 1.29 is 9.59 Å². The van der Waals surface area contributed by atoms with E-state index in [4.69, 9.17) is 0 Å². The summed E-state index contributed by atoms with van der Waals surface area (Å²) in [6, 6.07) is 24.9. The van der Waals surface area contributed by atoms with Gasteiger partial charge in [0, 0.05) is 11.4 Å². The van der Waals surface area contributed by atoms with Crippen LogP contribution in [0.3, 0.4) is 0 Å². The van der Waals surface area contributed by atoms with Gasteiger partial charge in [-0.3, -0.25) is 14.5 Å². The second-order valence-corrected chi connectivity index (χ2v) is 9.49. The lowest BCUT2D eigenvalue weighted by molar-refractivity contribution is -0.117. The molecule has 3 aromatic rings. The minimum atomic E-state index is -0.524. The highest BCUT2D eigenvalue weighted by molar-refractivity contribution is 8.05. The number of hydrogen-bond donors (Lipinski definition) is 1. The van der Waals surface area contributed by atoms with Crippen molar-refractivity contribution in [3.63, 3.8) is 0 Å². The molecule has 0 spiro atoms. The molecule has 0 aliphatic carbocycles. The van der Waals surface area contributed by atoms with Crippen molar-refractivity contribution in [3.8, 4) is 6.07 Å². The Morgan fingerprint density at radius 2 is 1.76 bits per heavy atom. The molecule has 2 amide bonds. The van der Waals surface area contributed by atoms with Gasteiger partial charge in [-0.2, -0.15) is 5.26 Å². The fraction of sp³-hybridized carbons (Fsp3) is 0.179. The quantitative estimate of drug-likeness (QED) is 0.387. The molecule has 1 N–H and O–H groups in total. The Morgan fingerprint density at radius 3 is 2.47 bits per heavy atom. The van der Waals surface area contributed by atoms with Crippen molar-refractivity contribution in [1.82, 2.24) is 0 Å². The summed E-state index contributed by atoms with van der Waals surface area (Å²) in [5, 5.41) is 12.8. The highest BCUT2D eigenvalue weighted by Gasteiger charge is 2.40. The van der Waals surface area contributed by atoms with E-state index in [0.717, 1.165) is 22.3 Å². The number of carbonyl (C=O) groups is 2. The number of nitrogens with one attached hydrogen (secondary N) is 1. The zero-order chi connectivity index (χ0) is 24.2. The average Bonchev–Trinajstić information content (AvgIpc) is 3.13. The van der Waals surface area contributed by atoms with Gasteiger partial charge in [-0.15, -0.1) is 0 Å². The maximum Gasteiger partial charge on any atom is 0.269 e. The van der Waals surface area contributed by atoms with Crippen molar-refractivity contribution in [1.29, 1.82) is 5.26 Å². The molecule has 1 aliphatic rings. The summed E-state index contributed by atoms with van der Waals surface area (Å²) in [6.07, 6.45) is 0.509. The molecule has 6 heteroatoms. The van der Waals surface area contributed by atoms with Crippen molar-refractivity contribution >= 4 is 35.0 Å². The number of aryl methyl sites for hydroxylation is 2. The summed E-state index contributed by atoms with van der Waals surface area (Å²) in [5.74, 6) is -0.663. The lowest BCUT2D eigenvalue weighted by atomic mass is 10.1. The third-order valence-electron chi connectivity index (χ3n) is 5.88. The minimum absolute atomic E-state index is 0.0742. The molecule has 0 radical (unpaired) electrons. The van der Waals surface area contributed by atoms with Crippen LogP contribution in [0.5, 0.6) is 0 Å². The van der Waals surface area contributed by atoms with Crippen molar-refractivity contribution in [2.75, 3.05) is 10.2 Å². The summed E-state index contributed by atoms with van der Waals surface area (Å²) < 4.78 is 0. The van der Waals surface area contributed by atoms with Gasteiger partial charge in [0.25, 0.3) is 5.91 Å². The van der Waals surface area contributed by atoms with Gasteiger partial charge < -0.3 is 5.32 Å². The molecule has 0 bridgehead atoms. The molecule has 1 aliphatic heterocycles. The summed E-state index contributed by atoms with van der Waals surface area (Å²) in [6.45, 7) is 5.90. The molecule has 1 heterocycles. The van der Waals surface area contributed by atoms with Crippen LogP contribution in [0, 0.1) is 32.1 Å². The van der Waals surface area contributed by atoms with E-state index in [-0.39, 0.29) is 11.5 Å². The van der Waals surface area contributed by atoms with Gasteiger partial charge in [-0.25, -0.2) is 0 Å². The molecule has 3 aromatic carbocycles. The van der Waals surface area contributed by atoms with Crippen LogP contribution in [0.2, 0.25) is 0 Å². The molecule has 1 saturated heterocycles. The molecular weight excluding hydrogens is 442 g/mol. The molecular formula is C28H25N3O2S. The van der Waals surface area contributed by atoms with E-state index in [2.05, 4.69) is 17.5 Å². The fourth-order valence-corrected chi connectivity index (χ4v) is 5.23. The number of nitrogens with zero attached hydrogens (tertiary/aromatic N) is 2. The Balaban J connectivity index is 1.73. The van der Waals surface area contributed by atoms with E-state index in [1.54, 1.807) is 0 Å². The maximum absolute atomic E-state index is 13.5. The number of thioether (sulfide) groups is 1. The Hall–Kier alpha value is -3.82. The first-order valence-corrected chi connectivity index (χ1v) is 11.9. The Bertz CT molecular complexity index is 1320. The van der Waals surface area contributed by atoms with Crippen LogP contribution in [0.4, 0.5) is 11.4 Å². The standard InChI is InChI=1S/C28H25N3O2S/c1-18-9-7-11-21(15-18)16-25-27(33)31(22-12-5-4-6-13-22)28(34-25)23(17-29)26(32)30-24-14-8-10-19(2)20(24)3/h4-15,25H,16H2,1-3H3,(H,30,32)/b28-23+/t25-/m0/s1. The highest BCUT2D eigenvalue weighted by atomic mass is 32.2. The summed E-state index contributed by atoms with van der Waals surface area (Å²) in [5.41, 5.74) is 5.34. The SMILES string of the molecule is Cc1cccc(C[C@@H]2S/C(=C(\C#N)C(=O)Nc3cccc(C)c3C)N(c3ccccc3)C2=O)c1. The molecule has 1 fully saturated rings. The number of para-hydroxylation sites is 1. The van der Waals surface area contributed by atoms with Crippen LogP contribution in [0.25, 0.3) is 0 Å². The Labute approximate surface area is 204 Å². The predicted octanol–water partition coefficient (Wildman–Crippen LogP) is 5.68. The van der Waals surface area contributed by atoms with Crippen LogP contribution in [-0.4, -0.2) is 17.1 Å². The zero-order valence-electron chi connectivity index (χ0n) is 19.3. The first-order valence-electron chi connectivity index (χ1n) is 11.0. The second kappa shape index (κ2) is 9.98. The first-order chi connectivity index (χ1) is 16.4. The number of anilines is 2. The molecule has 0 aromatic heterocycles. The van der Waals surface area contributed by atoms with Crippen LogP contribution >= 0.6 is 11.8 Å². The molecule has 0 unspecified atom stereocenters. The predicted molar refractivity (Wildman–Crippen MR) is 137 cm³/mol. The minimum Gasteiger partial charge on any atom is -0.321 e. The van der Waals surface area contributed by atoms with Crippen molar-refractivity contribution in [3.05, 3.63) is 106 Å². The third kappa shape index (κ3) is 4.75. The lowest BCUT2D eigenvalue weighted by Crippen LogP contribution is -2.30. The number of amides is 2. The first kappa shape index (κ1) is 23.3. The van der Waals surface area contributed by atoms with Crippen molar-refractivity contribution in [2.45, 2.75) is 32.4 Å². The van der Waals surface area contributed by atoms with Gasteiger partial charge in [0.15, 0.2) is 0 Å². The van der Waals surface area contributed by atoms with Gasteiger partial charge in [-0.1, -0.05) is 71.9 Å². The van der Waals surface area contributed by atoms with E-state index in [1.807, 2.05) is 87.5 Å². The van der Waals surface area contributed by atoms with E-state index in [1.165, 1.54) is 16.7 Å². The molecule has 1 atom stereocenters. The van der Waals surface area contributed by atoms with Gasteiger partial charge in [0.05, 0.1) is 5.25 Å². The zero-order valence-corrected chi connectivity index (χ0v) is 20.1. The molecule has 34 heavy (non-hydrogen) atoms. The van der Waals surface area contributed by atoms with Gasteiger partial charge in [0.1, 0.15) is 16.7 Å². The van der Waals surface area contributed by atoms with E-state index >= 15 is 0 Å². The molecule has 0 saturated carbocycles. The van der Waals surface area contributed by atoms with Gasteiger partial charge >= 0.3 is 0 Å². The highest BCUT2D eigenvalue weighted by Crippen LogP contribution is 2.42. The number of rotatable bonds is 5. The summed E-state index contributed by atoms with van der Waals surface area (Å²) >= 11 is 1.27. The Morgan fingerprint density at radius 1 is 1.03 bits per heavy atom. The van der Waals surface area contributed by atoms with Crippen molar-refractivity contribution in [2.24, 2.45) is 0 Å². The number of benzene rings is 3. The fourth-order valence-electron chi connectivity index (χ4n) is 3.92. The second-order valence-electron chi connectivity index (χ2n) is 8.30.